The number of ether oxygens (including phenoxy) is 1. The lowest BCUT2D eigenvalue weighted by molar-refractivity contribution is -0.117. The van der Waals surface area contributed by atoms with Gasteiger partial charge < -0.3 is 20.1 Å². The smallest absolute Gasteiger partial charge is 0.257 e. The van der Waals surface area contributed by atoms with Crippen molar-refractivity contribution in [3.05, 3.63) is 41.5 Å². The summed E-state index contributed by atoms with van der Waals surface area (Å²) in [5.74, 6) is 0.174. The fourth-order valence-electron chi connectivity index (χ4n) is 4.34. The monoisotopic (exact) mass is 457 g/mol. The summed E-state index contributed by atoms with van der Waals surface area (Å²) in [6.07, 6.45) is 1.81. The summed E-state index contributed by atoms with van der Waals surface area (Å²) in [4.78, 5) is 31.2. The molecule has 2 amide bonds. The quantitative estimate of drug-likeness (QED) is 0.697. The molecule has 8 heteroatoms. The second kappa shape index (κ2) is 10.6. The SMILES string of the molecule is Cc1c(-c2ccccc2)sc(NC(=O)CN2CCC(CO)CC2)c1C(=O)N1CCOCC1. The number of nitrogens with zero attached hydrogens (tertiary/aromatic N) is 2. The second-order valence-electron chi connectivity index (χ2n) is 8.48. The average Bonchev–Trinajstić information content (AvgIpc) is 3.15. The van der Waals surface area contributed by atoms with Crippen LogP contribution in [0.3, 0.4) is 0 Å². The first-order chi connectivity index (χ1) is 15.6. The average molecular weight is 458 g/mol. The van der Waals surface area contributed by atoms with E-state index in [0.717, 1.165) is 41.9 Å². The summed E-state index contributed by atoms with van der Waals surface area (Å²) in [5.41, 5.74) is 2.53. The summed E-state index contributed by atoms with van der Waals surface area (Å²) in [6, 6.07) is 9.98. The van der Waals surface area contributed by atoms with Gasteiger partial charge in [-0.1, -0.05) is 30.3 Å². The fourth-order valence-corrected chi connectivity index (χ4v) is 5.57. The molecule has 2 N–H and O–H groups in total. The van der Waals surface area contributed by atoms with Gasteiger partial charge in [0.1, 0.15) is 5.00 Å². The number of aliphatic hydroxyl groups is 1. The van der Waals surface area contributed by atoms with Crippen molar-refractivity contribution < 1.29 is 19.4 Å². The third-order valence-electron chi connectivity index (χ3n) is 6.28. The highest BCUT2D eigenvalue weighted by molar-refractivity contribution is 7.20. The number of amides is 2. The first-order valence-corrected chi connectivity index (χ1v) is 12.1. The van der Waals surface area contributed by atoms with Crippen molar-refractivity contribution in [2.24, 2.45) is 5.92 Å². The van der Waals surface area contributed by atoms with E-state index in [9.17, 15) is 14.7 Å². The van der Waals surface area contributed by atoms with E-state index in [1.54, 1.807) is 0 Å². The van der Waals surface area contributed by atoms with Crippen LogP contribution in [0.1, 0.15) is 28.8 Å². The number of carbonyl (C=O) groups excluding carboxylic acids is 2. The molecule has 1 aromatic heterocycles. The molecule has 2 aliphatic rings. The van der Waals surface area contributed by atoms with Gasteiger partial charge in [0.2, 0.25) is 5.91 Å². The molecule has 172 valence electrons. The minimum absolute atomic E-state index is 0.0525. The lowest BCUT2D eigenvalue weighted by Gasteiger charge is -2.30. The number of piperidine rings is 1. The van der Waals surface area contributed by atoms with Crippen molar-refractivity contribution in [2.45, 2.75) is 19.8 Å². The van der Waals surface area contributed by atoms with Crippen molar-refractivity contribution >= 4 is 28.2 Å². The van der Waals surface area contributed by atoms with Gasteiger partial charge in [0.25, 0.3) is 5.91 Å². The fraction of sp³-hybridized carbons (Fsp3) is 0.500. The van der Waals surface area contributed by atoms with Gasteiger partial charge in [-0.3, -0.25) is 14.5 Å². The van der Waals surface area contributed by atoms with Gasteiger partial charge in [0.05, 0.1) is 25.3 Å². The summed E-state index contributed by atoms with van der Waals surface area (Å²) in [7, 11) is 0. The van der Waals surface area contributed by atoms with Crippen LogP contribution in [-0.2, 0) is 9.53 Å². The topological polar surface area (TPSA) is 82.1 Å². The number of benzene rings is 1. The first kappa shape index (κ1) is 22.9. The maximum absolute atomic E-state index is 13.4. The van der Waals surface area contributed by atoms with Gasteiger partial charge in [-0.25, -0.2) is 0 Å². The second-order valence-corrected chi connectivity index (χ2v) is 9.50. The lowest BCUT2D eigenvalue weighted by atomic mass is 9.98. The van der Waals surface area contributed by atoms with E-state index in [-0.39, 0.29) is 18.4 Å². The number of nitrogens with one attached hydrogen (secondary N) is 1. The van der Waals surface area contributed by atoms with Crippen LogP contribution in [0.4, 0.5) is 5.00 Å². The van der Waals surface area contributed by atoms with Crippen LogP contribution in [0, 0.1) is 12.8 Å². The number of likely N-dealkylation sites (tertiary alicyclic amines) is 1. The third-order valence-corrected chi connectivity index (χ3v) is 7.54. The van der Waals surface area contributed by atoms with E-state index in [2.05, 4.69) is 10.2 Å². The van der Waals surface area contributed by atoms with E-state index < -0.39 is 0 Å². The molecular weight excluding hydrogens is 426 g/mol. The van der Waals surface area contributed by atoms with E-state index >= 15 is 0 Å². The van der Waals surface area contributed by atoms with E-state index in [0.29, 0.717) is 49.3 Å². The molecule has 1 aromatic carbocycles. The normalized spacial score (nSPS) is 18.0. The number of anilines is 1. The Labute approximate surface area is 193 Å². The summed E-state index contributed by atoms with van der Waals surface area (Å²) >= 11 is 1.46. The number of aliphatic hydroxyl groups excluding tert-OH is 1. The van der Waals surface area contributed by atoms with Crippen LogP contribution in [0.15, 0.2) is 30.3 Å². The summed E-state index contributed by atoms with van der Waals surface area (Å²) in [5, 5.41) is 13.0. The number of thiophene rings is 1. The zero-order chi connectivity index (χ0) is 22.5. The van der Waals surface area contributed by atoms with Gasteiger partial charge in [-0.05, 0) is 49.9 Å². The van der Waals surface area contributed by atoms with Gasteiger partial charge >= 0.3 is 0 Å². The van der Waals surface area contributed by atoms with Crippen LogP contribution in [0.5, 0.6) is 0 Å². The number of hydrogen-bond donors (Lipinski definition) is 2. The molecule has 7 nitrogen and oxygen atoms in total. The van der Waals surface area contributed by atoms with Crippen LogP contribution in [0.2, 0.25) is 0 Å². The highest BCUT2D eigenvalue weighted by Crippen LogP contribution is 2.40. The van der Waals surface area contributed by atoms with Crippen molar-refractivity contribution in [2.75, 3.05) is 57.9 Å². The van der Waals surface area contributed by atoms with E-state index in [1.165, 1.54) is 11.3 Å². The van der Waals surface area contributed by atoms with Crippen molar-refractivity contribution in [1.29, 1.82) is 0 Å². The maximum atomic E-state index is 13.4. The van der Waals surface area contributed by atoms with Crippen LogP contribution >= 0.6 is 11.3 Å². The molecule has 0 unspecified atom stereocenters. The molecule has 4 rings (SSSR count). The Morgan fingerprint density at radius 2 is 1.81 bits per heavy atom. The van der Waals surface area contributed by atoms with Gasteiger partial charge in [-0.15, -0.1) is 11.3 Å². The van der Waals surface area contributed by atoms with Crippen molar-refractivity contribution in [1.82, 2.24) is 9.80 Å². The number of morpholine rings is 1. The standard InChI is InChI=1S/C24H31N3O4S/c1-17-21(24(30)27-11-13-31-14-12-27)23(32-22(17)19-5-3-2-4-6-19)25-20(29)15-26-9-7-18(16-28)8-10-26/h2-6,18,28H,7-16H2,1H3,(H,25,29). The van der Waals surface area contributed by atoms with Crippen molar-refractivity contribution in [3.8, 4) is 10.4 Å². The Kier molecular flexibility index (Phi) is 7.57. The highest BCUT2D eigenvalue weighted by atomic mass is 32.1. The lowest BCUT2D eigenvalue weighted by Crippen LogP contribution is -2.41. The number of rotatable bonds is 6. The molecule has 3 heterocycles. The predicted octanol–water partition coefficient (Wildman–Crippen LogP) is 2.84. The molecule has 0 atom stereocenters. The third kappa shape index (κ3) is 5.20. The number of carbonyl (C=O) groups is 2. The zero-order valence-electron chi connectivity index (χ0n) is 18.5. The molecule has 32 heavy (non-hydrogen) atoms. The molecule has 2 aromatic rings. The molecule has 0 saturated carbocycles. The first-order valence-electron chi connectivity index (χ1n) is 11.3. The van der Waals surface area contributed by atoms with Gasteiger partial charge in [0.15, 0.2) is 0 Å². The van der Waals surface area contributed by atoms with Gasteiger partial charge in [0, 0.05) is 24.6 Å². The van der Waals surface area contributed by atoms with Crippen LogP contribution in [0.25, 0.3) is 10.4 Å². The Morgan fingerprint density at radius 1 is 1.12 bits per heavy atom. The minimum atomic E-state index is -0.107. The molecule has 0 radical (unpaired) electrons. The largest absolute Gasteiger partial charge is 0.396 e. The molecular formula is C24H31N3O4S. The number of hydrogen-bond acceptors (Lipinski definition) is 6. The maximum Gasteiger partial charge on any atom is 0.257 e. The Hall–Kier alpha value is -2.26. The molecule has 2 fully saturated rings. The zero-order valence-corrected chi connectivity index (χ0v) is 19.3. The van der Waals surface area contributed by atoms with Gasteiger partial charge in [-0.2, -0.15) is 0 Å². The van der Waals surface area contributed by atoms with E-state index in [4.69, 9.17) is 4.74 Å². The Bertz CT molecular complexity index is 932. The minimum Gasteiger partial charge on any atom is -0.396 e. The summed E-state index contributed by atoms with van der Waals surface area (Å²) < 4.78 is 5.40. The van der Waals surface area contributed by atoms with E-state index in [1.807, 2.05) is 42.2 Å². The molecule has 2 saturated heterocycles. The highest BCUT2D eigenvalue weighted by Gasteiger charge is 2.28. The molecule has 0 bridgehead atoms. The molecule has 0 spiro atoms. The molecule has 2 aliphatic heterocycles. The summed E-state index contributed by atoms with van der Waals surface area (Å²) in [6.45, 7) is 6.25. The van der Waals surface area contributed by atoms with Crippen LogP contribution < -0.4 is 5.32 Å². The Balaban J connectivity index is 1.55. The molecule has 0 aliphatic carbocycles. The Morgan fingerprint density at radius 3 is 2.47 bits per heavy atom. The van der Waals surface area contributed by atoms with Crippen LogP contribution in [-0.4, -0.2) is 79.3 Å². The van der Waals surface area contributed by atoms with Crippen molar-refractivity contribution in [3.63, 3.8) is 0 Å². The predicted molar refractivity (Wildman–Crippen MR) is 126 cm³/mol.